The third-order valence-corrected chi connectivity index (χ3v) is 8.82. The summed E-state index contributed by atoms with van der Waals surface area (Å²) >= 11 is 0. The molecule has 0 saturated carbocycles. The van der Waals surface area contributed by atoms with Crippen LogP contribution >= 0.6 is 0 Å². The lowest BCUT2D eigenvalue weighted by molar-refractivity contribution is 0.241. The van der Waals surface area contributed by atoms with Crippen LogP contribution in [-0.4, -0.2) is 34.4 Å². The molecule has 0 bridgehead atoms. The normalized spacial score (nSPS) is 15.0. The van der Waals surface area contributed by atoms with Gasteiger partial charge in [-0.15, -0.1) is 0 Å². The van der Waals surface area contributed by atoms with Crippen molar-refractivity contribution in [1.29, 1.82) is 0 Å². The average molecular weight is 322 g/mol. The average Bonchev–Trinajstić information content (AvgIpc) is 2.43. The van der Waals surface area contributed by atoms with E-state index in [1.165, 1.54) is 5.56 Å². The molecule has 124 valence electrons. The maximum absolute atomic E-state index is 6.38. The molecule has 0 spiro atoms. The van der Waals surface area contributed by atoms with Crippen molar-refractivity contribution < 1.29 is 9.16 Å². The van der Waals surface area contributed by atoms with Gasteiger partial charge in [0.1, 0.15) is 0 Å². The van der Waals surface area contributed by atoms with E-state index < -0.39 is 8.32 Å². The molecule has 0 aromatic heterocycles. The maximum Gasteiger partial charge on any atom is 0.192 e. The quantitative estimate of drug-likeness (QED) is 0.530. The summed E-state index contributed by atoms with van der Waals surface area (Å²) in [6.45, 7) is 14.5. The Labute approximate surface area is 136 Å². The van der Waals surface area contributed by atoms with Crippen molar-refractivity contribution in [3.8, 4) is 0 Å². The first kappa shape index (κ1) is 19.1. The zero-order valence-electron chi connectivity index (χ0n) is 15.1. The third-order valence-electron chi connectivity index (χ3n) is 4.32. The lowest BCUT2D eigenvalue weighted by Crippen LogP contribution is -2.41. The summed E-state index contributed by atoms with van der Waals surface area (Å²) in [5.74, 6) is 0. The Hall–Kier alpha value is -0.973. The van der Waals surface area contributed by atoms with E-state index in [4.69, 9.17) is 14.2 Å². The fourth-order valence-electron chi connectivity index (χ4n) is 1.90. The highest BCUT2D eigenvalue weighted by molar-refractivity contribution is 6.74. The minimum absolute atomic E-state index is 0.0328. The SMILES string of the molecule is COCC(C)=N[C@H](CO[Si](C)(C)C(C)(C)C)c1ccccc1. The van der Waals surface area contributed by atoms with Gasteiger partial charge in [-0.1, -0.05) is 51.1 Å². The Morgan fingerprint density at radius 3 is 2.27 bits per heavy atom. The molecule has 1 aromatic rings. The van der Waals surface area contributed by atoms with Gasteiger partial charge < -0.3 is 9.16 Å². The number of aliphatic imine (C=N–C) groups is 1. The molecule has 0 amide bonds. The van der Waals surface area contributed by atoms with Gasteiger partial charge in [0.05, 0.1) is 19.3 Å². The van der Waals surface area contributed by atoms with Crippen LogP contribution in [0.15, 0.2) is 35.3 Å². The Bertz CT molecular complexity index is 478. The van der Waals surface area contributed by atoms with Gasteiger partial charge in [-0.05, 0) is 30.6 Å². The van der Waals surface area contributed by atoms with Crippen molar-refractivity contribution in [2.75, 3.05) is 20.3 Å². The molecule has 0 aliphatic rings. The molecule has 4 heteroatoms. The first-order valence-electron chi connectivity index (χ1n) is 7.88. The fraction of sp³-hybridized carbons (Fsp3) is 0.611. The van der Waals surface area contributed by atoms with Crippen LogP contribution in [-0.2, 0) is 9.16 Å². The summed E-state index contributed by atoms with van der Waals surface area (Å²) in [6, 6.07) is 10.4. The predicted octanol–water partition coefficient (Wildman–Crippen LogP) is 4.86. The van der Waals surface area contributed by atoms with Gasteiger partial charge in [0.2, 0.25) is 0 Å². The molecule has 0 heterocycles. The summed E-state index contributed by atoms with van der Waals surface area (Å²) < 4.78 is 11.6. The Balaban J connectivity index is 2.91. The second-order valence-electron chi connectivity index (χ2n) is 7.30. The van der Waals surface area contributed by atoms with Crippen molar-refractivity contribution in [2.45, 2.75) is 51.9 Å². The highest BCUT2D eigenvalue weighted by atomic mass is 28.4. The minimum Gasteiger partial charge on any atom is -0.414 e. The molecular formula is C18H31NO2Si. The molecule has 0 aliphatic carbocycles. The van der Waals surface area contributed by atoms with E-state index in [0.717, 1.165) is 5.71 Å². The summed E-state index contributed by atoms with van der Waals surface area (Å²) in [5, 5.41) is 0.208. The Morgan fingerprint density at radius 2 is 1.77 bits per heavy atom. The second kappa shape index (κ2) is 8.04. The molecule has 1 aromatic carbocycles. The molecular weight excluding hydrogens is 290 g/mol. The lowest BCUT2D eigenvalue weighted by atomic mass is 10.1. The third kappa shape index (κ3) is 5.67. The van der Waals surface area contributed by atoms with Gasteiger partial charge >= 0.3 is 0 Å². The fourth-order valence-corrected chi connectivity index (χ4v) is 2.91. The molecule has 0 unspecified atom stereocenters. The summed E-state index contributed by atoms with van der Waals surface area (Å²) in [4.78, 5) is 4.81. The standard InChI is InChI=1S/C18H31NO2Si/c1-15(13-20-5)19-17(16-11-9-8-10-12-16)14-21-22(6,7)18(2,3)4/h8-12,17H,13-14H2,1-7H3/t17-/m1/s1. The highest BCUT2D eigenvalue weighted by Crippen LogP contribution is 2.37. The maximum atomic E-state index is 6.38. The molecule has 0 saturated heterocycles. The van der Waals surface area contributed by atoms with E-state index in [1.807, 2.05) is 13.0 Å². The Morgan fingerprint density at radius 1 is 1.18 bits per heavy atom. The number of methoxy groups -OCH3 is 1. The van der Waals surface area contributed by atoms with Crippen LogP contribution in [0.3, 0.4) is 0 Å². The second-order valence-corrected chi connectivity index (χ2v) is 12.1. The number of ether oxygens (including phenoxy) is 1. The predicted molar refractivity (Wildman–Crippen MR) is 97.3 cm³/mol. The van der Waals surface area contributed by atoms with Gasteiger partial charge in [-0.3, -0.25) is 4.99 Å². The van der Waals surface area contributed by atoms with E-state index in [2.05, 4.69) is 58.1 Å². The topological polar surface area (TPSA) is 30.8 Å². The van der Waals surface area contributed by atoms with Gasteiger partial charge in [-0.2, -0.15) is 0 Å². The van der Waals surface area contributed by atoms with E-state index in [1.54, 1.807) is 7.11 Å². The van der Waals surface area contributed by atoms with E-state index >= 15 is 0 Å². The van der Waals surface area contributed by atoms with Crippen LogP contribution in [0.25, 0.3) is 0 Å². The van der Waals surface area contributed by atoms with Crippen LogP contribution in [0.4, 0.5) is 0 Å². The van der Waals surface area contributed by atoms with Crippen LogP contribution in [0.1, 0.15) is 39.3 Å². The largest absolute Gasteiger partial charge is 0.414 e. The van der Waals surface area contributed by atoms with Crippen LogP contribution in [0.2, 0.25) is 18.1 Å². The molecule has 1 rings (SSSR count). The molecule has 3 nitrogen and oxygen atoms in total. The van der Waals surface area contributed by atoms with Crippen LogP contribution in [0.5, 0.6) is 0 Å². The van der Waals surface area contributed by atoms with Crippen molar-refractivity contribution >= 4 is 14.0 Å². The van der Waals surface area contributed by atoms with Crippen molar-refractivity contribution in [3.63, 3.8) is 0 Å². The minimum atomic E-state index is -1.77. The first-order valence-corrected chi connectivity index (χ1v) is 10.8. The molecule has 0 N–H and O–H groups in total. The van der Waals surface area contributed by atoms with E-state index in [9.17, 15) is 0 Å². The number of hydrogen-bond donors (Lipinski definition) is 0. The van der Waals surface area contributed by atoms with Crippen LogP contribution < -0.4 is 0 Å². The zero-order chi connectivity index (χ0) is 16.8. The van der Waals surface area contributed by atoms with Crippen molar-refractivity contribution in [3.05, 3.63) is 35.9 Å². The molecule has 0 fully saturated rings. The zero-order valence-corrected chi connectivity index (χ0v) is 16.1. The molecule has 1 atom stereocenters. The van der Waals surface area contributed by atoms with Crippen molar-refractivity contribution in [1.82, 2.24) is 0 Å². The molecule has 0 aliphatic heterocycles. The van der Waals surface area contributed by atoms with E-state index in [0.29, 0.717) is 13.2 Å². The summed E-state index contributed by atoms with van der Waals surface area (Å²) in [5.41, 5.74) is 2.19. The summed E-state index contributed by atoms with van der Waals surface area (Å²) in [7, 11) is -0.0735. The number of nitrogens with zero attached hydrogens (tertiary/aromatic N) is 1. The lowest BCUT2D eigenvalue weighted by Gasteiger charge is -2.37. The van der Waals surface area contributed by atoms with Gasteiger partial charge in [0.25, 0.3) is 0 Å². The van der Waals surface area contributed by atoms with E-state index in [-0.39, 0.29) is 11.1 Å². The molecule has 22 heavy (non-hydrogen) atoms. The van der Waals surface area contributed by atoms with Crippen molar-refractivity contribution in [2.24, 2.45) is 4.99 Å². The van der Waals surface area contributed by atoms with Gasteiger partial charge in [0.15, 0.2) is 8.32 Å². The monoisotopic (exact) mass is 321 g/mol. The van der Waals surface area contributed by atoms with Gasteiger partial charge in [0, 0.05) is 12.8 Å². The summed E-state index contributed by atoms with van der Waals surface area (Å²) in [6.07, 6.45) is 0. The Kier molecular flexibility index (Phi) is 6.97. The number of hydrogen-bond acceptors (Lipinski definition) is 3. The smallest absolute Gasteiger partial charge is 0.192 e. The first-order chi connectivity index (χ1) is 10.2. The number of rotatable bonds is 7. The van der Waals surface area contributed by atoms with Gasteiger partial charge in [-0.25, -0.2) is 0 Å². The number of benzene rings is 1. The highest BCUT2D eigenvalue weighted by Gasteiger charge is 2.37. The molecule has 0 radical (unpaired) electrons. The van der Waals surface area contributed by atoms with Crippen LogP contribution in [0, 0.1) is 0 Å².